The van der Waals surface area contributed by atoms with Gasteiger partial charge in [0, 0.05) is 13.6 Å². The number of ether oxygens (including phenoxy) is 1. The summed E-state index contributed by atoms with van der Waals surface area (Å²) in [6, 6.07) is 5.87. The van der Waals surface area contributed by atoms with Gasteiger partial charge in [0.2, 0.25) is 0 Å². The molecule has 0 amide bonds. The van der Waals surface area contributed by atoms with E-state index in [-0.39, 0.29) is 18.2 Å². The number of para-hydroxylation sites is 1. The number of anilines is 1. The zero-order chi connectivity index (χ0) is 17.0. The van der Waals surface area contributed by atoms with Gasteiger partial charge in [-0.3, -0.25) is 4.79 Å². The van der Waals surface area contributed by atoms with E-state index in [0.29, 0.717) is 5.69 Å². The molecule has 6 nitrogen and oxygen atoms in total. The van der Waals surface area contributed by atoms with E-state index in [1.165, 1.54) is 13.2 Å². The minimum absolute atomic E-state index is 0.0466. The third-order valence-corrected chi connectivity index (χ3v) is 3.80. The number of hydrogen-bond acceptors (Lipinski definition) is 5. The molecule has 7 heteroatoms. The average molecular weight is 338 g/mol. The molecule has 0 radical (unpaired) electrons. The average Bonchev–Trinajstić information content (AvgIpc) is 2.51. The lowest BCUT2D eigenvalue weighted by Gasteiger charge is -2.16. The van der Waals surface area contributed by atoms with Gasteiger partial charge < -0.3 is 15.2 Å². The molecule has 0 aliphatic heterocycles. The van der Waals surface area contributed by atoms with Crippen LogP contribution in [0, 0.1) is 13.8 Å². The number of aliphatic hydroxyl groups excluding tert-OH is 1. The fourth-order valence-corrected chi connectivity index (χ4v) is 2.36. The van der Waals surface area contributed by atoms with Crippen LogP contribution in [0.3, 0.4) is 0 Å². The van der Waals surface area contributed by atoms with Gasteiger partial charge in [-0.2, -0.15) is 5.10 Å². The first-order chi connectivity index (χ1) is 10.9. The Bertz CT molecular complexity index is 726. The highest BCUT2D eigenvalue weighted by Crippen LogP contribution is 2.22. The summed E-state index contributed by atoms with van der Waals surface area (Å²) < 4.78 is 6.83. The highest BCUT2D eigenvalue weighted by atomic mass is 35.5. The second-order valence-electron chi connectivity index (χ2n) is 5.37. The number of nitrogens with one attached hydrogen (secondary N) is 1. The Morgan fingerprint density at radius 1 is 1.39 bits per heavy atom. The Hall–Kier alpha value is -2.05. The van der Waals surface area contributed by atoms with E-state index in [4.69, 9.17) is 16.3 Å². The van der Waals surface area contributed by atoms with Crippen LogP contribution >= 0.6 is 11.6 Å². The van der Waals surface area contributed by atoms with Gasteiger partial charge in [0.05, 0.1) is 11.9 Å². The van der Waals surface area contributed by atoms with Crippen LogP contribution in [0.15, 0.2) is 29.2 Å². The van der Waals surface area contributed by atoms with E-state index in [1.807, 2.05) is 32.0 Å². The number of nitrogens with zero attached hydrogens (tertiary/aromatic N) is 2. The first-order valence-corrected chi connectivity index (χ1v) is 7.60. The van der Waals surface area contributed by atoms with Crippen molar-refractivity contribution in [3.8, 4) is 5.75 Å². The fraction of sp³-hybridized carbons (Fsp3) is 0.375. The van der Waals surface area contributed by atoms with Crippen molar-refractivity contribution in [2.45, 2.75) is 20.0 Å². The molecule has 0 aliphatic carbocycles. The number of aliphatic hydroxyl groups is 1. The van der Waals surface area contributed by atoms with E-state index >= 15 is 0 Å². The van der Waals surface area contributed by atoms with Gasteiger partial charge >= 0.3 is 0 Å². The van der Waals surface area contributed by atoms with Crippen molar-refractivity contribution in [2.75, 3.05) is 18.5 Å². The van der Waals surface area contributed by atoms with Crippen LogP contribution in [-0.2, 0) is 7.05 Å². The van der Waals surface area contributed by atoms with Crippen molar-refractivity contribution in [3.05, 3.63) is 50.9 Å². The second-order valence-corrected chi connectivity index (χ2v) is 5.75. The monoisotopic (exact) mass is 337 g/mol. The molecule has 0 bridgehead atoms. The van der Waals surface area contributed by atoms with Crippen molar-refractivity contribution in [1.82, 2.24) is 9.78 Å². The minimum Gasteiger partial charge on any atom is -0.490 e. The smallest absolute Gasteiger partial charge is 0.287 e. The predicted molar refractivity (Wildman–Crippen MR) is 90.4 cm³/mol. The molecular weight excluding hydrogens is 318 g/mol. The summed E-state index contributed by atoms with van der Waals surface area (Å²) in [6.07, 6.45) is 0.692. The number of hydrogen-bond donors (Lipinski definition) is 2. The third kappa shape index (κ3) is 4.24. The molecule has 0 saturated heterocycles. The molecule has 23 heavy (non-hydrogen) atoms. The summed E-state index contributed by atoms with van der Waals surface area (Å²) in [5.74, 6) is 0.778. The molecule has 2 N–H and O–H groups in total. The fourth-order valence-electron chi connectivity index (χ4n) is 2.13. The molecule has 0 unspecified atom stereocenters. The maximum Gasteiger partial charge on any atom is 0.287 e. The molecule has 2 aromatic rings. The Labute approximate surface area is 139 Å². The van der Waals surface area contributed by atoms with Crippen LogP contribution in [0.5, 0.6) is 5.75 Å². The number of aryl methyl sites for hydroxylation is 3. The summed E-state index contributed by atoms with van der Waals surface area (Å²) in [5.41, 5.74) is 2.03. The van der Waals surface area contributed by atoms with E-state index < -0.39 is 11.7 Å². The number of rotatable bonds is 6. The quantitative estimate of drug-likeness (QED) is 0.842. The van der Waals surface area contributed by atoms with Gasteiger partial charge in [-0.05, 0) is 25.0 Å². The summed E-state index contributed by atoms with van der Waals surface area (Å²) in [7, 11) is 1.52. The van der Waals surface area contributed by atoms with Crippen molar-refractivity contribution in [3.63, 3.8) is 0 Å². The molecule has 0 saturated carbocycles. The van der Waals surface area contributed by atoms with Crippen LogP contribution in [0.2, 0.25) is 5.02 Å². The highest BCUT2D eigenvalue weighted by Gasteiger charge is 2.11. The Kier molecular flexibility index (Phi) is 5.63. The van der Waals surface area contributed by atoms with Crippen molar-refractivity contribution < 1.29 is 9.84 Å². The van der Waals surface area contributed by atoms with Crippen LogP contribution in [0.4, 0.5) is 5.69 Å². The SMILES string of the molecule is Cc1cccc(C)c1OC[C@H](O)CNc1cnn(C)c(=O)c1Cl. The molecule has 1 aromatic carbocycles. The lowest BCUT2D eigenvalue weighted by atomic mass is 10.1. The van der Waals surface area contributed by atoms with Gasteiger partial charge in [0.25, 0.3) is 5.56 Å². The zero-order valence-corrected chi connectivity index (χ0v) is 14.1. The summed E-state index contributed by atoms with van der Waals surface area (Å²) in [5, 5.41) is 16.9. The van der Waals surface area contributed by atoms with E-state index in [0.717, 1.165) is 21.6 Å². The van der Waals surface area contributed by atoms with Gasteiger partial charge in [0.1, 0.15) is 23.5 Å². The maximum absolute atomic E-state index is 11.7. The molecule has 0 spiro atoms. The van der Waals surface area contributed by atoms with Gasteiger partial charge in [0.15, 0.2) is 0 Å². The largest absolute Gasteiger partial charge is 0.490 e. The summed E-state index contributed by atoms with van der Waals surface area (Å²) in [4.78, 5) is 11.7. The molecule has 124 valence electrons. The minimum atomic E-state index is -0.755. The predicted octanol–water partition coefficient (Wildman–Crippen LogP) is 1.90. The Balaban J connectivity index is 1.92. The molecule has 1 aromatic heterocycles. The molecule has 1 heterocycles. The van der Waals surface area contributed by atoms with Gasteiger partial charge in [-0.15, -0.1) is 0 Å². The topological polar surface area (TPSA) is 76.4 Å². The van der Waals surface area contributed by atoms with E-state index in [2.05, 4.69) is 10.4 Å². The van der Waals surface area contributed by atoms with Crippen molar-refractivity contribution in [2.24, 2.45) is 7.05 Å². The first kappa shape index (κ1) is 17.3. The van der Waals surface area contributed by atoms with Crippen LogP contribution in [0.1, 0.15) is 11.1 Å². The molecule has 0 fully saturated rings. The first-order valence-electron chi connectivity index (χ1n) is 7.23. The lowest BCUT2D eigenvalue weighted by Crippen LogP contribution is -2.28. The van der Waals surface area contributed by atoms with Crippen molar-refractivity contribution in [1.29, 1.82) is 0 Å². The Morgan fingerprint density at radius 3 is 2.70 bits per heavy atom. The molecular formula is C16H20ClN3O3. The maximum atomic E-state index is 11.7. The van der Waals surface area contributed by atoms with E-state index in [1.54, 1.807) is 0 Å². The van der Waals surface area contributed by atoms with Crippen molar-refractivity contribution >= 4 is 17.3 Å². The van der Waals surface area contributed by atoms with Crippen LogP contribution in [-0.4, -0.2) is 34.1 Å². The molecule has 1 atom stereocenters. The number of benzene rings is 1. The van der Waals surface area contributed by atoms with Crippen LogP contribution in [0.25, 0.3) is 0 Å². The number of aromatic nitrogens is 2. The van der Waals surface area contributed by atoms with E-state index in [9.17, 15) is 9.90 Å². The standard InChI is InChI=1S/C16H20ClN3O3/c1-10-5-4-6-11(2)15(10)23-9-12(21)7-18-13-8-19-20(3)16(22)14(13)17/h4-6,8,12,18,21H,7,9H2,1-3H3/t12-/m1/s1. The van der Waals surface area contributed by atoms with Gasteiger partial charge in [-0.25, -0.2) is 4.68 Å². The summed E-state index contributed by atoms with van der Waals surface area (Å²) in [6.45, 7) is 4.24. The lowest BCUT2D eigenvalue weighted by molar-refractivity contribution is 0.117. The molecule has 0 aliphatic rings. The molecule has 2 rings (SSSR count). The highest BCUT2D eigenvalue weighted by molar-refractivity contribution is 6.32. The third-order valence-electron chi connectivity index (χ3n) is 3.44. The second kappa shape index (κ2) is 7.48. The Morgan fingerprint density at radius 2 is 2.04 bits per heavy atom. The summed E-state index contributed by atoms with van der Waals surface area (Å²) >= 11 is 5.95. The normalized spacial score (nSPS) is 12.0. The zero-order valence-electron chi connectivity index (χ0n) is 13.3. The van der Waals surface area contributed by atoms with Gasteiger partial charge in [-0.1, -0.05) is 29.8 Å². The number of halogens is 1. The van der Waals surface area contributed by atoms with Crippen LogP contribution < -0.4 is 15.6 Å².